The molecular formula is C19H11ClF3NO4S2. The van der Waals surface area contributed by atoms with E-state index in [2.05, 4.69) is 0 Å². The summed E-state index contributed by atoms with van der Waals surface area (Å²) in [6, 6.07) is 8.69. The number of carbonyl (C=O) groups excluding carboxylic acids is 1. The standard InChI is InChI=1S/C19H11ClF3NO4S2/c20-12-4-5-14(28-9-16(25)26)10(6-12)7-15-17(27)24(18(29)30-15)13-3-1-2-11(8-13)19(21,22)23/h1-8H,9H2,(H,25,26)/b15-7-. The second-order valence-corrected chi connectivity index (χ2v) is 8.04. The summed E-state index contributed by atoms with van der Waals surface area (Å²) in [7, 11) is 0. The zero-order valence-electron chi connectivity index (χ0n) is 14.8. The Hall–Kier alpha value is -2.56. The molecule has 156 valence electrons. The first-order valence-electron chi connectivity index (χ1n) is 8.15. The highest BCUT2D eigenvalue weighted by Crippen LogP contribution is 2.39. The fourth-order valence-electron chi connectivity index (χ4n) is 2.56. The summed E-state index contributed by atoms with van der Waals surface area (Å²) >= 11 is 12.1. The lowest BCUT2D eigenvalue weighted by atomic mass is 10.1. The minimum atomic E-state index is -4.57. The first kappa shape index (κ1) is 22.1. The molecule has 0 spiro atoms. The van der Waals surface area contributed by atoms with E-state index in [9.17, 15) is 22.8 Å². The Kier molecular flexibility index (Phi) is 6.39. The van der Waals surface area contributed by atoms with Gasteiger partial charge in [0.15, 0.2) is 10.9 Å². The predicted molar refractivity (Wildman–Crippen MR) is 112 cm³/mol. The molecule has 5 nitrogen and oxygen atoms in total. The molecule has 3 rings (SSSR count). The molecule has 1 aliphatic rings. The molecule has 0 saturated carbocycles. The number of rotatable bonds is 5. The number of carboxylic acids is 1. The second-order valence-electron chi connectivity index (χ2n) is 5.93. The number of hydrogen-bond donors (Lipinski definition) is 1. The van der Waals surface area contributed by atoms with Gasteiger partial charge in [-0.15, -0.1) is 0 Å². The molecule has 1 aliphatic heterocycles. The number of aliphatic carboxylic acids is 1. The van der Waals surface area contributed by atoms with E-state index in [1.807, 2.05) is 0 Å². The number of alkyl halides is 3. The number of hydrogen-bond acceptors (Lipinski definition) is 5. The Bertz CT molecular complexity index is 1070. The van der Waals surface area contributed by atoms with Gasteiger partial charge in [-0.2, -0.15) is 13.2 Å². The molecule has 2 aromatic carbocycles. The highest BCUT2D eigenvalue weighted by Gasteiger charge is 2.36. The van der Waals surface area contributed by atoms with Gasteiger partial charge in [0.05, 0.1) is 16.2 Å². The first-order valence-corrected chi connectivity index (χ1v) is 9.76. The number of anilines is 1. The molecule has 11 heteroatoms. The molecular weight excluding hydrogens is 463 g/mol. The number of carbonyl (C=O) groups is 2. The molecule has 1 amide bonds. The van der Waals surface area contributed by atoms with E-state index in [4.69, 9.17) is 33.7 Å². The Labute approximate surface area is 183 Å². The van der Waals surface area contributed by atoms with Crippen LogP contribution in [0.1, 0.15) is 11.1 Å². The quantitative estimate of drug-likeness (QED) is 0.474. The Balaban J connectivity index is 1.95. The van der Waals surface area contributed by atoms with Gasteiger partial charge in [0.1, 0.15) is 5.75 Å². The van der Waals surface area contributed by atoms with Crippen LogP contribution in [0.15, 0.2) is 47.4 Å². The van der Waals surface area contributed by atoms with E-state index in [0.29, 0.717) is 10.6 Å². The number of carboxylic acid groups (broad SMARTS) is 1. The van der Waals surface area contributed by atoms with Gasteiger partial charge >= 0.3 is 12.1 Å². The molecule has 2 aromatic rings. The maximum atomic E-state index is 13.0. The van der Waals surface area contributed by atoms with Crippen molar-refractivity contribution in [2.24, 2.45) is 0 Å². The monoisotopic (exact) mass is 473 g/mol. The molecule has 1 heterocycles. The highest BCUT2D eigenvalue weighted by molar-refractivity contribution is 8.27. The van der Waals surface area contributed by atoms with Gasteiger partial charge in [0.2, 0.25) is 0 Å². The average Bonchev–Trinajstić information content (AvgIpc) is 2.93. The molecule has 0 aromatic heterocycles. The van der Waals surface area contributed by atoms with E-state index >= 15 is 0 Å². The largest absolute Gasteiger partial charge is 0.481 e. The van der Waals surface area contributed by atoms with Gasteiger partial charge in [0, 0.05) is 10.6 Å². The Morgan fingerprint density at radius 1 is 1.27 bits per heavy atom. The summed E-state index contributed by atoms with van der Waals surface area (Å²) in [5.41, 5.74) is -0.588. The molecule has 1 N–H and O–H groups in total. The lowest BCUT2D eigenvalue weighted by Crippen LogP contribution is -2.27. The Morgan fingerprint density at radius 2 is 2.00 bits per heavy atom. The van der Waals surface area contributed by atoms with Crippen molar-refractivity contribution in [3.8, 4) is 5.75 Å². The third-order valence-corrected chi connectivity index (χ3v) is 5.37. The van der Waals surface area contributed by atoms with Gasteiger partial charge in [-0.1, -0.05) is 41.6 Å². The predicted octanol–water partition coefficient (Wildman–Crippen LogP) is 5.23. The van der Waals surface area contributed by atoms with E-state index in [1.165, 1.54) is 36.4 Å². The van der Waals surface area contributed by atoms with Crippen LogP contribution in [-0.4, -0.2) is 27.9 Å². The minimum absolute atomic E-state index is 0.0100. The maximum Gasteiger partial charge on any atom is 0.416 e. The summed E-state index contributed by atoms with van der Waals surface area (Å²) in [5, 5.41) is 9.11. The van der Waals surface area contributed by atoms with Crippen LogP contribution in [0.2, 0.25) is 5.02 Å². The summed E-state index contributed by atoms with van der Waals surface area (Å²) in [4.78, 5) is 24.7. The SMILES string of the molecule is O=C(O)COc1ccc(Cl)cc1/C=C1\SC(=S)N(c2cccc(C(F)(F)F)c2)C1=O. The van der Waals surface area contributed by atoms with Crippen LogP contribution in [0.4, 0.5) is 18.9 Å². The first-order chi connectivity index (χ1) is 14.1. The minimum Gasteiger partial charge on any atom is -0.481 e. The van der Waals surface area contributed by atoms with Gasteiger partial charge in [-0.05, 0) is 42.5 Å². The number of nitrogens with zero attached hydrogens (tertiary/aromatic N) is 1. The van der Waals surface area contributed by atoms with E-state index < -0.39 is 30.2 Å². The number of benzene rings is 2. The van der Waals surface area contributed by atoms with Crippen molar-refractivity contribution in [1.29, 1.82) is 0 Å². The summed E-state index contributed by atoms with van der Waals surface area (Å²) in [6.45, 7) is -0.604. The highest BCUT2D eigenvalue weighted by atomic mass is 35.5. The van der Waals surface area contributed by atoms with Gasteiger partial charge in [-0.25, -0.2) is 4.79 Å². The van der Waals surface area contributed by atoms with Gasteiger partial charge < -0.3 is 9.84 Å². The van der Waals surface area contributed by atoms with Crippen molar-refractivity contribution >= 4 is 63.5 Å². The fourth-order valence-corrected chi connectivity index (χ4v) is 4.03. The molecule has 0 aliphatic carbocycles. The van der Waals surface area contributed by atoms with Crippen molar-refractivity contribution in [2.75, 3.05) is 11.5 Å². The van der Waals surface area contributed by atoms with E-state index in [-0.39, 0.29) is 20.7 Å². The topological polar surface area (TPSA) is 66.8 Å². The molecule has 30 heavy (non-hydrogen) atoms. The molecule has 0 atom stereocenters. The normalized spacial score (nSPS) is 15.7. The van der Waals surface area contributed by atoms with Crippen molar-refractivity contribution in [3.05, 3.63) is 63.5 Å². The second kappa shape index (κ2) is 8.66. The van der Waals surface area contributed by atoms with E-state index in [0.717, 1.165) is 28.8 Å². The van der Waals surface area contributed by atoms with E-state index in [1.54, 1.807) is 0 Å². The number of thiocarbonyl (C=S) groups is 1. The van der Waals surface area contributed by atoms with Crippen LogP contribution in [0.25, 0.3) is 6.08 Å². The number of thioether (sulfide) groups is 1. The average molecular weight is 474 g/mol. The molecule has 0 bridgehead atoms. The third kappa shape index (κ3) is 4.94. The fraction of sp³-hybridized carbons (Fsp3) is 0.105. The third-order valence-electron chi connectivity index (χ3n) is 3.83. The van der Waals surface area contributed by atoms with Crippen molar-refractivity contribution in [2.45, 2.75) is 6.18 Å². The van der Waals surface area contributed by atoms with Crippen molar-refractivity contribution in [3.63, 3.8) is 0 Å². The maximum absolute atomic E-state index is 13.0. The summed E-state index contributed by atoms with van der Waals surface area (Å²) in [5.74, 6) is -1.63. The number of ether oxygens (including phenoxy) is 1. The summed E-state index contributed by atoms with van der Waals surface area (Å²) in [6.07, 6.45) is -3.17. The number of amides is 1. The number of halogens is 4. The van der Waals surface area contributed by atoms with Crippen LogP contribution < -0.4 is 9.64 Å². The molecule has 1 saturated heterocycles. The smallest absolute Gasteiger partial charge is 0.416 e. The van der Waals surface area contributed by atoms with Gasteiger partial charge in [0.25, 0.3) is 5.91 Å². The lowest BCUT2D eigenvalue weighted by Gasteiger charge is -2.16. The van der Waals surface area contributed by atoms with Crippen LogP contribution >= 0.6 is 35.6 Å². The summed E-state index contributed by atoms with van der Waals surface area (Å²) < 4.78 is 44.3. The van der Waals surface area contributed by atoms with Crippen molar-refractivity contribution in [1.82, 2.24) is 0 Å². The van der Waals surface area contributed by atoms with Crippen LogP contribution in [0.3, 0.4) is 0 Å². The lowest BCUT2D eigenvalue weighted by molar-refractivity contribution is -0.139. The van der Waals surface area contributed by atoms with Gasteiger partial charge in [-0.3, -0.25) is 9.69 Å². The zero-order chi connectivity index (χ0) is 22.1. The van der Waals surface area contributed by atoms with Crippen LogP contribution in [0, 0.1) is 0 Å². The van der Waals surface area contributed by atoms with Crippen LogP contribution in [0.5, 0.6) is 5.75 Å². The van der Waals surface area contributed by atoms with Crippen LogP contribution in [-0.2, 0) is 15.8 Å². The molecule has 0 unspecified atom stereocenters. The zero-order valence-corrected chi connectivity index (χ0v) is 17.2. The molecule has 0 radical (unpaired) electrons. The molecule has 1 fully saturated rings. The Morgan fingerprint density at radius 3 is 2.67 bits per heavy atom. The van der Waals surface area contributed by atoms with Crippen molar-refractivity contribution < 1.29 is 32.6 Å².